The van der Waals surface area contributed by atoms with Gasteiger partial charge in [-0.05, 0) is 35.7 Å². The molecule has 0 fully saturated rings. The zero-order valence-corrected chi connectivity index (χ0v) is 19.1. The molecule has 0 radical (unpaired) electrons. The maximum atomic E-state index is 13.1. The topological polar surface area (TPSA) is 80.2 Å². The maximum Gasteiger partial charge on any atom is 0.229 e. The highest BCUT2D eigenvalue weighted by molar-refractivity contribution is 7.90. The first-order valence-corrected chi connectivity index (χ1v) is 12.9. The summed E-state index contributed by atoms with van der Waals surface area (Å²) in [6, 6.07) is 20.6. The summed E-state index contributed by atoms with van der Waals surface area (Å²) in [5.41, 5.74) is 2.48. The molecule has 6 nitrogen and oxygen atoms in total. The van der Waals surface area contributed by atoms with Gasteiger partial charge in [0.15, 0.2) is 15.0 Å². The van der Waals surface area contributed by atoms with E-state index in [2.05, 4.69) is 9.97 Å². The highest BCUT2D eigenvalue weighted by Gasteiger charge is 2.21. The Morgan fingerprint density at radius 1 is 0.938 bits per heavy atom. The summed E-state index contributed by atoms with van der Waals surface area (Å²) in [5, 5.41) is 0.604. The first kappa shape index (κ1) is 22.1. The Bertz CT molecular complexity index is 1260. The number of thiazole rings is 1. The Hall–Kier alpha value is -3.10. The van der Waals surface area contributed by atoms with Gasteiger partial charge in [0.05, 0.1) is 28.3 Å². The molecular formula is C24H23N3O3S2. The van der Waals surface area contributed by atoms with Crippen LogP contribution in [0, 0.1) is 0 Å². The van der Waals surface area contributed by atoms with Crippen LogP contribution in [0.25, 0.3) is 10.2 Å². The Morgan fingerprint density at radius 2 is 1.69 bits per heavy atom. The van der Waals surface area contributed by atoms with Crippen molar-refractivity contribution >= 4 is 42.4 Å². The molecular weight excluding hydrogens is 442 g/mol. The van der Waals surface area contributed by atoms with Gasteiger partial charge in [0.25, 0.3) is 0 Å². The summed E-state index contributed by atoms with van der Waals surface area (Å²) in [5.74, 6) is -0.198. The summed E-state index contributed by atoms with van der Waals surface area (Å²) in [6.45, 7) is 0.337. The highest BCUT2D eigenvalue weighted by atomic mass is 32.2. The lowest BCUT2D eigenvalue weighted by atomic mass is 10.2. The molecule has 0 aliphatic heterocycles. The van der Waals surface area contributed by atoms with Crippen LogP contribution in [0.15, 0.2) is 79.1 Å². The number of pyridine rings is 1. The van der Waals surface area contributed by atoms with Crippen LogP contribution >= 0.6 is 11.3 Å². The van der Waals surface area contributed by atoms with Crippen LogP contribution < -0.4 is 4.90 Å². The van der Waals surface area contributed by atoms with Gasteiger partial charge < -0.3 is 0 Å². The average Bonchev–Trinajstić information content (AvgIpc) is 3.22. The number of carbonyl (C=O) groups excluding carboxylic acids is 1. The van der Waals surface area contributed by atoms with E-state index in [4.69, 9.17) is 0 Å². The van der Waals surface area contributed by atoms with Gasteiger partial charge in [-0.2, -0.15) is 0 Å². The predicted octanol–water partition coefficient (Wildman–Crippen LogP) is 4.62. The van der Waals surface area contributed by atoms with Crippen molar-refractivity contribution in [3.63, 3.8) is 0 Å². The molecule has 164 valence electrons. The number of carbonyl (C=O) groups is 1. The molecule has 4 aromatic rings. The summed E-state index contributed by atoms with van der Waals surface area (Å²) in [6.07, 6.45) is 3.80. The molecule has 1 amide bonds. The van der Waals surface area contributed by atoms with Gasteiger partial charge in [0.2, 0.25) is 5.91 Å². The lowest BCUT2D eigenvalue weighted by Crippen LogP contribution is -2.30. The number of nitrogens with zero attached hydrogens (tertiary/aromatic N) is 3. The van der Waals surface area contributed by atoms with Crippen LogP contribution in [0.3, 0.4) is 0 Å². The van der Waals surface area contributed by atoms with Crippen LogP contribution in [0.4, 0.5) is 5.13 Å². The first-order valence-electron chi connectivity index (χ1n) is 10.3. The SMILES string of the molecule is O=C(CCCS(=O)(=O)Cc1ccccc1)N(Cc1cccnc1)c1nc2ccccc2s1. The number of aromatic nitrogens is 2. The smallest absolute Gasteiger partial charge is 0.229 e. The fourth-order valence-corrected chi connectivity index (χ4v) is 5.80. The Morgan fingerprint density at radius 3 is 2.44 bits per heavy atom. The number of fused-ring (bicyclic) bond motifs is 1. The molecule has 0 saturated carbocycles. The third-order valence-corrected chi connectivity index (χ3v) is 7.70. The van der Waals surface area contributed by atoms with E-state index in [-0.39, 0.29) is 30.3 Å². The number of amides is 1. The molecule has 2 aromatic heterocycles. The van der Waals surface area contributed by atoms with Crippen molar-refractivity contribution in [2.45, 2.75) is 25.1 Å². The van der Waals surface area contributed by atoms with Crippen molar-refractivity contribution in [3.05, 3.63) is 90.3 Å². The monoisotopic (exact) mass is 465 g/mol. The van der Waals surface area contributed by atoms with E-state index >= 15 is 0 Å². The minimum Gasteiger partial charge on any atom is -0.284 e. The van der Waals surface area contributed by atoms with Gasteiger partial charge in [0, 0.05) is 18.8 Å². The van der Waals surface area contributed by atoms with Crippen LogP contribution in [0.2, 0.25) is 0 Å². The first-order chi connectivity index (χ1) is 15.5. The van der Waals surface area contributed by atoms with E-state index in [9.17, 15) is 13.2 Å². The highest BCUT2D eigenvalue weighted by Crippen LogP contribution is 2.30. The van der Waals surface area contributed by atoms with Gasteiger partial charge >= 0.3 is 0 Å². The molecule has 8 heteroatoms. The molecule has 0 aliphatic rings. The predicted molar refractivity (Wildman–Crippen MR) is 128 cm³/mol. The van der Waals surface area contributed by atoms with Crippen molar-refractivity contribution in [1.82, 2.24) is 9.97 Å². The van der Waals surface area contributed by atoms with Crippen LogP contribution in [-0.4, -0.2) is 30.0 Å². The molecule has 0 atom stereocenters. The molecule has 0 unspecified atom stereocenters. The number of para-hydroxylation sites is 1. The van der Waals surface area contributed by atoms with Gasteiger partial charge in [-0.3, -0.25) is 14.7 Å². The third kappa shape index (κ3) is 5.77. The summed E-state index contributed by atoms with van der Waals surface area (Å²) < 4.78 is 26.0. The normalized spacial score (nSPS) is 11.5. The molecule has 0 aliphatic carbocycles. The number of hydrogen-bond acceptors (Lipinski definition) is 6. The standard InChI is InChI=1S/C24H23N3O3S2/c28-23(13-7-15-32(29,30)18-19-8-2-1-3-9-19)27(17-20-10-6-14-25-16-20)24-26-21-11-4-5-12-22(21)31-24/h1-6,8-12,14,16H,7,13,15,17-18H2. The second-order valence-corrected chi connectivity index (χ2v) is 10.7. The average molecular weight is 466 g/mol. The van der Waals surface area contributed by atoms with E-state index in [0.717, 1.165) is 21.3 Å². The second kappa shape index (κ2) is 10.0. The fraction of sp³-hybridized carbons (Fsp3) is 0.208. The zero-order chi connectivity index (χ0) is 22.4. The van der Waals surface area contributed by atoms with Crippen molar-refractivity contribution in [2.24, 2.45) is 0 Å². The zero-order valence-electron chi connectivity index (χ0n) is 17.4. The largest absolute Gasteiger partial charge is 0.284 e. The quantitative estimate of drug-likeness (QED) is 0.360. The lowest BCUT2D eigenvalue weighted by Gasteiger charge is -2.20. The molecule has 0 bridgehead atoms. The Kier molecular flexibility index (Phi) is 6.92. The van der Waals surface area contributed by atoms with Gasteiger partial charge in [-0.15, -0.1) is 0 Å². The van der Waals surface area contributed by atoms with Crippen molar-refractivity contribution in [2.75, 3.05) is 10.7 Å². The lowest BCUT2D eigenvalue weighted by molar-refractivity contribution is -0.118. The fourth-order valence-electron chi connectivity index (χ4n) is 3.39. The third-order valence-electron chi connectivity index (χ3n) is 4.95. The number of sulfone groups is 1. The molecule has 0 saturated heterocycles. The van der Waals surface area contributed by atoms with Crippen LogP contribution in [0.5, 0.6) is 0 Å². The van der Waals surface area contributed by atoms with E-state index in [0.29, 0.717) is 11.7 Å². The molecule has 2 heterocycles. The van der Waals surface area contributed by atoms with Crippen molar-refractivity contribution in [1.29, 1.82) is 0 Å². The maximum absolute atomic E-state index is 13.1. The molecule has 32 heavy (non-hydrogen) atoms. The Balaban J connectivity index is 1.46. The molecule has 0 N–H and O–H groups in total. The second-order valence-electron chi connectivity index (χ2n) is 7.49. The Labute approximate surface area is 191 Å². The summed E-state index contributed by atoms with van der Waals surface area (Å²) in [4.78, 5) is 23.5. The minimum absolute atomic E-state index is 0.0146. The minimum atomic E-state index is -3.29. The van der Waals surface area contributed by atoms with Crippen molar-refractivity contribution in [3.8, 4) is 0 Å². The van der Waals surface area contributed by atoms with E-state index in [1.807, 2.05) is 54.6 Å². The number of hydrogen-bond donors (Lipinski definition) is 0. The number of anilines is 1. The van der Waals surface area contributed by atoms with E-state index < -0.39 is 9.84 Å². The van der Waals surface area contributed by atoms with Gasteiger partial charge in [-0.25, -0.2) is 13.4 Å². The molecule has 0 spiro atoms. The summed E-state index contributed by atoms with van der Waals surface area (Å²) in [7, 11) is -3.29. The van der Waals surface area contributed by atoms with E-state index in [1.54, 1.807) is 29.4 Å². The number of rotatable bonds is 9. The van der Waals surface area contributed by atoms with E-state index in [1.165, 1.54) is 11.3 Å². The van der Waals surface area contributed by atoms with Gasteiger partial charge in [0.1, 0.15) is 0 Å². The van der Waals surface area contributed by atoms with Crippen molar-refractivity contribution < 1.29 is 13.2 Å². The van der Waals surface area contributed by atoms with Crippen LogP contribution in [0.1, 0.15) is 24.0 Å². The molecule has 2 aromatic carbocycles. The molecule has 4 rings (SSSR count). The van der Waals surface area contributed by atoms with Gasteiger partial charge in [-0.1, -0.05) is 59.9 Å². The summed E-state index contributed by atoms with van der Waals surface area (Å²) >= 11 is 1.45. The number of benzene rings is 2. The van der Waals surface area contributed by atoms with Crippen LogP contribution in [-0.2, 0) is 26.9 Å².